The molecule has 0 radical (unpaired) electrons. The first kappa shape index (κ1) is 21.0. The predicted molar refractivity (Wildman–Crippen MR) is 131 cm³/mol. The summed E-state index contributed by atoms with van der Waals surface area (Å²) in [5.74, 6) is 0.755. The number of carbonyl (C=O) groups excluding carboxylic acids is 1. The lowest BCUT2D eigenvalue weighted by molar-refractivity contribution is 0.104. The Morgan fingerprint density at radius 3 is 2.30 bits per heavy atom. The number of ether oxygens (including phenoxy) is 1. The van der Waals surface area contributed by atoms with E-state index >= 15 is 0 Å². The van der Waals surface area contributed by atoms with Gasteiger partial charge in [-0.2, -0.15) is 0 Å². The van der Waals surface area contributed by atoms with Crippen LogP contribution in [-0.4, -0.2) is 17.9 Å². The third-order valence-electron chi connectivity index (χ3n) is 4.58. The molecule has 0 bridgehead atoms. The Bertz CT molecular complexity index is 1230. The van der Waals surface area contributed by atoms with Gasteiger partial charge in [0.15, 0.2) is 5.78 Å². The van der Waals surface area contributed by atoms with Gasteiger partial charge in [0.25, 0.3) is 0 Å². The number of aromatic amines is 1. The summed E-state index contributed by atoms with van der Waals surface area (Å²) < 4.78 is 7.31. The van der Waals surface area contributed by atoms with Gasteiger partial charge in [-0.3, -0.25) is 4.79 Å². The van der Waals surface area contributed by atoms with E-state index in [0.29, 0.717) is 10.5 Å². The maximum atomic E-state index is 13.4. The summed E-state index contributed by atoms with van der Waals surface area (Å²) in [4.78, 5) is 18.3. The minimum Gasteiger partial charge on any atom is -0.497 e. The van der Waals surface area contributed by atoms with Crippen molar-refractivity contribution in [3.8, 4) is 5.75 Å². The maximum Gasteiger partial charge on any atom is 0.199 e. The molecule has 0 spiro atoms. The first-order chi connectivity index (χ1) is 14.5. The van der Waals surface area contributed by atoms with Crippen molar-refractivity contribution in [3.63, 3.8) is 0 Å². The highest BCUT2D eigenvalue weighted by atomic mass is 79.9. The van der Waals surface area contributed by atoms with Gasteiger partial charge >= 0.3 is 0 Å². The summed E-state index contributed by atoms with van der Waals surface area (Å²) in [6, 6.07) is 21.2. The summed E-state index contributed by atoms with van der Waals surface area (Å²) in [5, 5.41) is 1.01. The van der Waals surface area contributed by atoms with Gasteiger partial charge in [-0.15, -0.1) is 0 Å². The van der Waals surface area contributed by atoms with Crippen LogP contribution in [0.3, 0.4) is 0 Å². The van der Waals surface area contributed by atoms with E-state index in [4.69, 9.17) is 4.74 Å². The van der Waals surface area contributed by atoms with Gasteiger partial charge in [-0.25, -0.2) is 0 Å². The minimum absolute atomic E-state index is 0.0207. The molecule has 4 aromatic rings. The largest absolute Gasteiger partial charge is 0.497 e. The van der Waals surface area contributed by atoms with E-state index < -0.39 is 0 Å². The highest BCUT2D eigenvalue weighted by Gasteiger charge is 2.16. The number of aromatic nitrogens is 1. The topological polar surface area (TPSA) is 42.1 Å². The predicted octanol–water partition coefficient (Wildman–Crippen LogP) is 7.72. The SMILES string of the molecule is COc1ccc2[nH]cc(/C=C(/Sc3ccc(Br)cc3)C(=O)c3ccc(Br)cc3)c2c1. The van der Waals surface area contributed by atoms with E-state index in [2.05, 4.69) is 36.8 Å². The molecular formula is C24H17Br2NO2S. The number of hydrogen-bond acceptors (Lipinski definition) is 3. The zero-order valence-electron chi connectivity index (χ0n) is 16.0. The maximum absolute atomic E-state index is 13.4. The van der Waals surface area contributed by atoms with Crippen LogP contribution in [0.1, 0.15) is 15.9 Å². The average molecular weight is 543 g/mol. The molecule has 0 aliphatic carbocycles. The summed E-state index contributed by atoms with van der Waals surface area (Å²) in [6.07, 6.45) is 3.86. The van der Waals surface area contributed by atoms with Gasteiger partial charge in [0, 0.05) is 42.1 Å². The van der Waals surface area contributed by atoms with Crippen molar-refractivity contribution in [1.82, 2.24) is 4.98 Å². The van der Waals surface area contributed by atoms with Crippen LogP contribution < -0.4 is 4.74 Å². The van der Waals surface area contributed by atoms with E-state index in [1.807, 2.05) is 79.0 Å². The smallest absolute Gasteiger partial charge is 0.199 e. The number of ketones is 1. The summed E-state index contributed by atoms with van der Waals surface area (Å²) in [5.41, 5.74) is 2.58. The molecule has 1 heterocycles. The van der Waals surface area contributed by atoms with Gasteiger partial charge in [-0.1, -0.05) is 43.6 Å². The number of hydrogen-bond donors (Lipinski definition) is 1. The molecule has 0 saturated heterocycles. The lowest BCUT2D eigenvalue weighted by Gasteiger charge is -2.08. The van der Waals surface area contributed by atoms with Gasteiger partial charge < -0.3 is 9.72 Å². The fourth-order valence-corrected chi connectivity index (χ4v) is 4.47. The lowest BCUT2D eigenvalue weighted by atomic mass is 10.1. The van der Waals surface area contributed by atoms with Crippen molar-refractivity contribution >= 4 is 66.4 Å². The highest BCUT2D eigenvalue weighted by Crippen LogP contribution is 2.34. The van der Waals surface area contributed by atoms with Crippen molar-refractivity contribution in [1.29, 1.82) is 0 Å². The normalized spacial score (nSPS) is 11.6. The van der Waals surface area contributed by atoms with Crippen LogP contribution in [0.4, 0.5) is 0 Å². The number of halogens is 2. The molecule has 0 unspecified atom stereocenters. The first-order valence-electron chi connectivity index (χ1n) is 9.14. The van der Waals surface area contributed by atoms with Crippen LogP contribution in [0, 0.1) is 0 Å². The monoisotopic (exact) mass is 541 g/mol. The zero-order valence-corrected chi connectivity index (χ0v) is 20.0. The number of Topliss-reactive ketones (excluding diaryl/α,β-unsaturated/α-hetero) is 1. The molecular weight excluding hydrogens is 526 g/mol. The number of allylic oxidation sites excluding steroid dienone is 1. The van der Waals surface area contributed by atoms with Crippen molar-refractivity contribution in [2.24, 2.45) is 0 Å². The fourth-order valence-electron chi connectivity index (χ4n) is 3.02. The molecule has 0 fully saturated rings. The molecule has 0 aliphatic rings. The number of methoxy groups -OCH3 is 1. The molecule has 6 heteroatoms. The molecule has 0 atom stereocenters. The van der Waals surface area contributed by atoms with E-state index in [0.717, 1.165) is 36.1 Å². The molecule has 0 saturated carbocycles. The number of rotatable bonds is 6. The Morgan fingerprint density at radius 1 is 0.967 bits per heavy atom. The second-order valence-electron chi connectivity index (χ2n) is 6.56. The minimum atomic E-state index is -0.0207. The summed E-state index contributed by atoms with van der Waals surface area (Å²) in [7, 11) is 1.65. The van der Waals surface area contributed by atoms with E-state index in [-0.39, 0.29) is 5.78 Å². The van der Waals surface area contributed by atoms with Crippen molar-refractivity contribution in [2.75, 3.05) is 7.11 Å². The standard InChI is InChI=1S/C24H17Br2NO2S/c1-29-19-8-11-22-21(13-19)16(14-27-22)12-23(30-20-9-6-18(26)7-10-20)24(28)15-2-4-17(25)5-3-15/h2-14,27H,1H3/b23-12+. The van der Waals surface area contributed by atoms with Crippen LogP contribution in [0.25, 0.3) is 17.0 Å². The van der Waals surface area contributed by atoms with E-state index in [1.165, 1.54) is 11.8 Å². The second-order valence-corrected chi connectivity index (χ2v) is 9.50. The number of benzene rings is 3. The number of H-pyrrole nitrogens is 1. The van der Waals surface area contributed by atoms with Crippen molar-refractivity contribution in [2.45, 2.75) is 4.90 Å². The van der Waals surface area contributed by atoms with Gasteiger partial charge in [0.1, 0.15) is 5.75 Å². The molecule has 0 amide bonds. The molecule has 4 rings (SSSR count). The van der Waals surface area contributed by atoms with Crippen LogP contribution in [0.15, 0.2) is 91.7 Å². The Kier molecular flexibility index (Phi) is 6.46. The molecule has 1 aromatic heterocycles. The number of thioether (sulfide) groups is 1. The Labute approximate surface area is 195 Å². The molecule has 1 N–H and O–H groups in total. The molecule has 150 valence electrons. The second kappa shape index (κ2) is 9.25. The van der Waals surface area contributed by atoms with Gasteiger partial charge in [0.2, 0.25) is 0 Å². The van der Waals surface area contributed by atoms with E-state index in [1.54, 1.807) is 7.11 Å². The highest BCUT2D eigenvalue weighted by molar-refractivity contribution is 9.10. The zero-order chi connectivity index (χ0) is 21.1. The number of fused-ring (bicyclic) bond motifs is 1. The van der Waals surface area contributed by atoms with Crippen LogP contribution in [0.2, 0.25) is 0 Å². The Morgan fingerprint density at radius 2 is 1.63 bits per heavy atom. The molecule has 0 aliphatic heterocycles. The Balaban J connectivity index is 1.78. The fraction of sp³-hybridized carbons (Fsp3) is 0.0417. The van der Waals surface area contributed by atoms with Crippen molar-refractivity contribution in [3.05, 3.63) is 97.9 Å². The molecule has 3 nitrogen and oxygen atoms in total. The summed E-state index contributed by atoms with van der Waals surface area (Å²) in [6.45, 7) is 0. The molecule has 3 aromatic carbocycles. The quantitative estimate of drug-likeness (QED) is 0.154. The Hall–Kier alpha value is -2.28. The third-order valence-corrected chi connectivity index (χ3v) is 6.67. The van der Waals surface area contributed by atoms with E-state index in [9.17, 15) is 4.79 Å². The van der Waals surface area contributed by atoms with Crippen LogP contribution >= 0.6 is 43.6 Å². The van der Waals surface area contributed by atoms with Gasteiger partial charge in [0.05, 0.1) is 12.0 Å². The first-order valence-corrected chi connectivity index (χ1v) is 11.5. The summed E-state index contributed by atoms with van der Waals surface area (Å²) >= 11 is 8.35. The number of carbonyl (C=O) groups is 1. The average Bonchev–Trinajstić information content (AvgIpc) is 3.16. The number of nitrogens with one attached hydrogen (secondary N) is 1. The molecule has 30 heavy (non-hydrogen) atoms. The van der Waals surface area contributed by atoms with Crippen LogP contribution in [0.5, 0.6) is 5.75 Å². The third kappa shape index (κ3) is 4.72. The van der Waals surface area contributed by atoms with Crippen LogP contribution in [-0.2, 0) is 0 Å². The lowest BCUT2D eigenvalue weighted by Crippen LogP contribution is -2.00. The van der Waals surface area contributed by atoms with Crippen molar-refractivity contribution < 1.29 is 9.53 Å². The van der Waals surface area contributed by atoms with Gasteiger partial charge in [-0.05, 0) is 72.8 Å².